The van der Waals surface area contributed by atoms with Gasteiger partial charge in [-0.25, -0.2) is 14.8 Å². The first kappa shape index (κ1) is 36.4. The predicted octanol–water partition coefficient (Wildman–Crippen LogP) is 6.46. The molecule has 0 spiro atoms. The molecule has 4 amide bonds. The van der Waals surface area contributed by atoms with Crippen molar-refractivity contribution in [1.29, 1.82) is 0 Å². The second-order valence-corrected chi connectivity index (χ2v) is 15.2. The molecule has 2 aliphatic heterocycles. The van der Waals surface area contributed by atoms with Gasteiger partial charge in [0, 0.05) is 25.1 Å². The Hall–Kier alpha value is -4.84. The number of benzene rings is 1. The Morgan fingerprint density at radius 2 is 1.30 bits per heavy atom. The molecule has 4 aliphatic rings. The monoisotopic (exact) mass is 687 g/mol. The van der Waals surface area contributed by atoms with Crippen molar-refractivity contribution in [3.05, 3.63) is 82.5 Å². The molecule has 1 aromatic carbocycles. The summed E-state index contributed by atoms with van der Waals surface area (Å²) in [6.45, 7) is 15.0. The van der Waals surface area contributed by atoms with Gasteiger partial charge in [-0.05, 0) is 84.8 Å². The van der Waals surface area contributed by atoms with Gasteiger partial charge in [0.05, 0.1) is 24.9 Å². The van der Waals surface area contributed by atoms with Crippen LogP contribution in [0.1, 0.15) is 79.4 Å². The van der Waals surface area contributed by atoms with Crippen LogP contribution in [0, 0.1) is 0 Å². The fourth-order valence-corrected chi connectivity index (χ4v) is 5.76. The van der Waals surface area contributed by atoms with E-state index in [1.165, 1.54) is 0 Å². The number of amides is 4. The summed E-state index contributed by atoms with van der Waals surface area (Å²) in [5.41, 5.74) is 2.90. The summed E-state index contributed by atoms with van der Waals surface area (Å²) < 4.78 is 22.9. The van der Waals surface area contributed by atoms with Crippen LogP contribution in [0.5, 0.6) is 0 Å². The molecule has 50 heavy (non-hydrogen) atoms. The minimum atomic E-state index is -0.728. The fourth-order valence-electron chi connectivity index (χ4n) is 5.76. The van der Waals surface area contributed by atoms with Gasteiger partial charge in [-0.15, -0.1) is 0 Å². The first-order valence-corrected chi connectivity index (χ1v) is 16.8. The van der Waals surface area contributed by atoms with Crippen molar-refractivity contribution in [3.8, 4) is 0 Å². The molecular formula is C38H47N4O8+. The molecule has 0 radical (unpaired) electrons. The highest BCUT2D eigenvalue weighted by molar-refractivity contribution is 6.10. The first-order chi connectivity index (χ1) is 23.3. The lowest BCUT2D eigenvalue weighted by Gasteiger charge is -2.36. The molecule has 3 unspecified atom stereocenters. The Bertz CT molecular complexity index is 1770. The number of aliphatic imine (C=N–C) groups is 2. The van der Waals surface area contributed by atoms with Crippen LogP contribution in [-0.2, 0) is 41.6 Å². The Morgan fingerprint density at radius 1 is 0.780 bits per heavy atom. The van der Waals surface area contributed by atoms with Gasteiger partial charge in [-0.1, -0.05) is 30.3 Å². The summed E-state index contributed by atoms with van der Waals surface area (Å²) in [7, 11) is 1.79. The van der Waals surface area contributed by atoms with E-state index in [1.54, 1.807) is 37.9 Å². The van der Waals surface area contributed by atoms with Crippen molar-refractivity contribution in [2.24, 2.45) is 9.98 Å². The van der Waals surface area contributed by atoms with Crippen LogP contribution in [0.3, 0.4) is 0 Å². The number of hydrogen-bond acceptors (Lipinski definition) is 8. The Morgan fingerprint density at radius 3 is 1.86 bits per heavy atom. The summed E-state index contributed by atoms with van der Waals surface area (Å²) in [5, 5.41) is 0. The third-order valence-electron chi connectivity index (χ3n) is 8.37. The molecule has 2 aliphatic carbocycles. The lowest BCUT2D eigenvalue weighted by atomic mass is 9.99. The van der Waals surface area contributed by atoms with Crippen LogP contribution >= 0.6 is 0 Å². The summed E-state index contributed by atoms with van der Waals surface area (Å²) >= 11 is 0. The summed E-state index contributed by atoms with van der Waals surface area (Å²) in [5.74, 6) is 0.412. The van der Waals surface area contributed by atoms with E-state index in [0.29, 0.717) is 35.1 Å². The third-order valence-corrected chi connectivity index (χ3v) is 8.37. The van der Waals surface area contributed by atoms with Crippen LogP contribution < -0.4 is 0 Å². The van der Waals surface area contributed by atoms with Crippen LogP contribution in [0.15, 0.2) is 81.3 Å². The maximum absolute atomic E-state index is 13.8. The minimum absolute atomic E-state index is 0.203. The fraction of sp³-hybridized carbons (Fsp3) is 0.474. The van der Waals surface area contributed by atoms with E-state index in [4.69, 9.17) is 18.9 Å². The van der Waals surface area contributed by atoms with Crippen molar-refractivity contribution >= 4 is 35.4 Å². The Kier molecular flexibility index (Phi) is 10.1. The lowest BCUT2D eigenvalue weighted by Crippen LogP contribution is -2.51. The van der Waals surface area contributed by atoms with E-state index >= 15 is 0 Å². The molecule has 12 heteroatoms. The molecular weight excluding hydrogens is 640 g/mol. The normalized spacial score (nSPS) is 21.6. The molecule has 0 bridgehead atoms. The summed E-state index contributed by atoms with van der Waals surface area (Å²) in [6, 6.07) is 7.70. The van der Waals surface area contributed by atoms with Crippen molar-refractivity contribution in [3.63, 3.8) is 0 Å². The number of fused-ring (bicyclic) bond motifs is 2. The van der Waals surface area contributed by atoms with Crippen molar-refractivity contribution < 1.29 is 42.6 Å². The van der Waals surface area contributed by atoms with Crippen LogP contribution in [-0.4, -0.2) is 81.8 Å². The van der Waals surface area contributed by atoms with E-state index < -0.39 is 35.6 Å². The number of rotatable bonds is 7. The van der Waals surface area contributed by atoms with E-state index in [9.17, 15) is 19.2 Å². The highest BCUT2D eigenvalue weighted by Crippen LogP contribution is 2.33. The zero-order valence-electron chi connectivity index (χ0n) is 30.4. The molecule has 2 heterocycles. The smallest absolute Gasteiger partial charge is 0.479 e. The van der Waals surface area contributed by atoms with Crippen LogP contribution in [0.4, 0.5) is 9.59 Å². The molecule has 0 fully saturated rings. The molecule has 0 saturated heterocycles. The molecule has 5 rings (SSSR count). The molecule has 0 aromatic heterocycles. The second-order valence-electron chi connectivity index (χ2n) is 15.2. The number of allylic oxidation sites excluding steroid dienone is 7. The number of ether oxygens (including phenoxy) is 4. The highest BCUT2D eigenvalue weighted by atomic mass is 16.6. The zero-order valence-corrected chi connectivity index (χ0v) is 30.4. The van der Waals surface area contributed by atoms with Gasteiger partial charge < -0.3 is 18.9 Å². The average Bonchev–Trinajstić information content (AvgIpc) is 3.01. The molecule has 12 nitrogen and oxygen atoms in total. The van der Waals surface area contributed by atoms with Gasteiger partial charge in [-0.2, -0.15) is 9.28 Å². The van der Waals surface area contributed by atoms with E-state index in [2.05, 4.69) is 9.98 Å². The zero-order chi connectivity index (χ0) is 36.6. The van der Waals surface area contributed by atoms with Gasteiger partial charge in [0.15, 0.2) is 12.2 Å². The highest BCUT2D eigenvalue weighted by Gasteiger charge is 2.43. The maximum atomic E-state index is 13.8. The Labute approximate surface area is 293 Å². The van der Waals surface area contributed by atoms with Gasteiger partial charge in [0.25, 0.3) is 11.8 Å². The van der Waals surface area contributed by atoms with Crippen LogP contribution in [0.2, 0.25) is 0 Å². The lowest BCUT2D eigenvalue weighted by molar-refractivity contribution is -0.814. The molecule has 0 saturated carbocycles. The number of carbonyl (C=O) groups is 4. The van der Waals surface area contributed by atoms with Crippen LogP contribution in [0.25, 0.3) is 0 Å². The molecule has 0 N–H and O–H groups in total. The van der Waals surface area contributed by atoms with Crippen molar-refractivity contribution in [2.45, 2.75) is 105 Å². The Balaban J connectivity index is 1.37. The standard InChI is InChI=1S/C38H47N4O8/c1-23-33(43)39-29-18-27(14-16-31(29)47-23)21-41(35(45)49-37(3,4)5)20-25-10-12-26(13-11-25)22-42(9,36(46)50-38(6,7)8)28-15-17-32-30(19-28)40-34(44)24(2)48-32/h10-17,23-24H,18-22H2,1-9H3/q+1. The maximum Gasteiger partial charge on any atom is 0.521 e. The topological polar surface area (TPSA) is 133 Å². The third kappa shape index (κ3) is 8.65. The number of quaternary nitrogens is 1. The predicted molar refractivity (Wildman–Crippen MR) is 187 cm³/mol. The van der Waals surface area contributed by atoms with Gasteiger partial charge in [0.2, 0.25) is 0 Å². The van der Waals surface area contributed by atoms with E-state index in [0.717, 1.165) is 16.7 Å². The largest absolute Gasteiger partial charge is 0.521 e. The summed E-state index contributed by atoms with van der Waals surface area (Å²) in [4.78, 5) is 61.8. The number of carbonyl (C=O) groups excluding carboxylic acids is 4. The molecule has 266 valence electrons. The van der Waals surface area contributed by atoms with Gasteiger partial charge in [-0.3, -0.25) is 14.5 Å². The summed E-state index contributed by atoms with van der Waals surface area (Å²) in [6.07, 6.45) is 5.70. The molecule has 1 aromatic rings. The quantitative estimate of drug-likeness (QED) is 0.298. The number of hydrogen-bond donors (Lipinski definition) is 0. The molecule has 3 atom stereocenters. The average molecular weight is 688 g/mol. The SMILES string of the molecule is CC1OC2=CC=C(CN(Cc3ccc(C[N+](C)(C(=O)OC(C)(C)C)C4=CC=C5OC(C)C(=O)N=C5C4)cc3)C(=O)OC(C)(C)C)CC2=NC1=O. The van der Waals surface area contributed by atoms with Gasteiger partial charge >= 0.3 is 12.2 Å². The first-order valence-electron chi connectivity index (χ1n) is 16.8. The second kappa shape index (κ2) is 13.8. The van der Waals surface area contributed by atoms with Gasteiger partial charge in [0.1, 0.15) is 35.0 Å². The van der Waals surface area contributed by atoms with Crippen molar-refractivity contribution in [2.75, 3.05) is 13.6 Å². The van der Waals surface area contributed by atoms with Crippen molar-refractivity contribution in [1.82, 2.24) is 4.90 Å². The minimum Gasteiger partial charge on any atom is -0.479 e. The van der Waals surface area contributed by atoms with E-state index in [-0.39, 0.29) is 42.4 Å². The van der Waals surface area contributed by atoms with E-state index in [1.807, 2.05) is 78.0 Å². The number of nitrogens with zero attached hydrogens (tertiary/aromatic N) is 4.